The molecule has 0 aliphatic heterocycles. The minimum Gasteiger partial charge on any atom is -0.361 e. The van der Waals surface area contributed by atoms with Crippen LogP contribution < -0.4 is 0 Å². The molecule has 3 heteroatoms. The molecule has 0 saturated carbocycles. The first-order valence-electron chi connectivity index (χ1n) is 3.77. The van der Waals surface area contributed by atoms with E-state index in [1.54, 1.807) is 6.08 Å². The van der Waals surface area contributed by atoms with Crippen LogP contribution >= 0.6 is 0 Å². The van der Waals surface area contributed by atoms with Crippen LogP contribution in [0, 0.1) is 0 Å². The molecule has 0 saturated heterocycles. The Labute approximate surface area is 75.9 Å². The Hall–Kier alpha value is -1.99. The summed E-state index contributed by atoms with van der Waals surface area (Å²) in [5.74, 6) is -0.341. The number of ketones is 1. The molecule has 0 bridgehead atoms. The summed E-state index contributed by atoms with van der Waals surface area (Å²) in [6, 6.07) is 9.41. The average Bonchev–Trinajstić information content (AvgIpc) is 2.17. The highest BCUT2D eigenvalue weighted by atomic mass is 16.1. The van der Waals surface area contributed by atoms with Gasteiger partial charge in [0.05, 0.1) is 0 Å². The first-order chi connectivity index (χ1) is 6.33. The molecule has 0 N–H and O–H groups in total. The number of carbonyl (C=O) groups is 1. The Balaban J connectivity index is 2.69. The van der Waals surface area contributed by atoms with E-state index in [1.165, 1.54) is 6.08 Å². The van der Waals surface area contributed by atoms with Crippen molar-refractivity contribution in [1.29, 1.82) is 0 Å². The van der Waals surface area contributed by atoms with Crippen LogP contribution in [0.1, 0.15) is 5.56 Å². The van der Waals surface area contributed by atoms with Gasteiger partial charge in [-0.25, -0.2) is 0 Å². The zero-order chi connectivity index (χ0) is 9.52. The lowest BCUT2D eigenvalue weighted by molar-refractivity contribution is -0.111. The SMILES string of the molecule is [N-]=[N+]=CC(=O)C=Cc1ccccc1. The number of rotatable bonds is 3. The van der Waals surface area contributed by atoms with Crippen molar-refractivity contribution in [3.05, 3.63) is 47.5 Å². The van der Waals surface area contributed by atoms with Gasteiger partial charge in [-0.3, -0.25) is 4.79 Å². The van der Waals surface area contributed by atoms with Crippen molar-refractivity contribution in [1.82, 2.24) is 0 Å². The normalized spacial score (nSPS) is 9.54. The van der Waals surface area contributed by atoms with E-state index in [9.17, 15) is 4.79 Å². The van der Waals surface area contributed by atoms with Crippen molar-refractivity contribution < 1.29 is 9.58 Å². The van der Waals surface area contributed by atoms with Crippen LogP contribution in [0.25, 0.3) is 11.6 Å². The second kappa shape index (κ2) is 4.80. The molecule has 0 fully saturated rings. The number of hydrogen-bond acceptors (Lipinski definition) is 1. The summed E-state index contributed by atoms with van der Waals surface area (Å²) in [5.41, 5.74) is 8.98. The second-order valence-electron chi connectivity index (χ2n) is 2.39. The van der Waals surface area contributed by atoms with Crippen LogP contribution in [-0.2, 0) is 4.79 Å². The molecule has 1 rings (SSSR count). The van der Waals surface area contributed by atoms with Crippen LogP contribution in [0.5, 0.6) is 0 Å². The highest BCUT2D eigenvalue weighted by molar-refractivity contribution is 6.31. The van der Waals surface area contributed by atoms with Crippen molar-refractivity contribution in [2.24, 2.45) is 0 Å². The van der Waals surface area contributed by atoms with Crippen molar-refractivity contribution >= 4 is 18.1 Å². The van der Waals surface area contributed by atoms with Gasteiger partial charge in [-0.15, -0.1) is 0 Å². The van der Waals surface area contributed by atoms with E-state index in [4.69, 9.17) is 5.53 Å². The van der Waals surface area contributed by atoms with Gasteiger partial charge in [-0.2, -0.15) is 4.79 Å². The molecule has 0 heterocycles. The van der Waals surface area contributed by atoms with Crippen molar-refractivity contribution in [2.75, 3.05) is 0 Å². The summed E-state index contributed by atoms with van der Waals surface area (Å²) in [5, 5.41) is 0. The van der Waals surface area contributed by atoms with Crippen LogP contribution in [0.3, 0.4) is 0 Å². The molecule has 0 radical (unpaired) electrons. The molecule has 0 spiro atoms. The van der Waals surface area contributed by atoms with E-state index >= 15 is 0 Å². The second-order valence-corrected chi connectivity index (χ2v) is 2.39. The van der Waals surface area contributed by atoms with Gasteiger partial charge in [0.1, 0.15) is 0 Å². The average molecular weight is 172 g/mol. The molecule has 3 nitrogen and oxygen atoms in total. The van der Waals surface area contributed by atoms with Gasteiger partial charge in [0.2, 0.25) is 0 Å². The monoisotopic (exact) mass is 172 g/mol. The molecule has 0 amide bonds. The van der Waals surface area contributed by atoms with Gasteiger partial charge in [0.25, 0.3) is 5.78 Å². The van der Waals surface area contributed by atoms with Crippen molar-refractivity contribution in [3.63, 3.8) is 0 Å². The Morgan fingerprint density at radius 2 is 2.00 bits per heavy atom. The fourth-order valence-corrected chi connectivity index (χ4v) is 0.842. The standard InChI is InChI=1S/C10H8N2O/c11-12-8-10(13)7-6-9-4-2-1-3-5-9/h1-8H. The Bertz CT molecular complexity index is 362. The number of nitrogens with zero attached hydrogens (tertiary/aromatic N) is 2. The van der Waals surface area contributed by atoms with E-state index in [-0.39, 0.29) is 5.78 Å². The zero-order valence-electron chi connectivity index (χ0n) is 6.92. The largest absolute Gasteiger partial charge is 0.361 e. The van der Waals surface area contributed by atoms with E-state index in [1.807, 2.05) is 30.3 Å². The summed E-state index contributed by atoms with van der Waals surface area (Å²) in [4.78, 5) is 13.4. The Morgan fingerprint density at radius 3 is 2.62 bits per heavy atom. The molecule has 1 aromatic carbocycles. The lowest BCUT2D eigenvalue weighted by Gasteiger charge is -1.87. The fourth-order valence-electron chi connectivity index (χ4n) is 0.842. The number of benzene rings is 1. The third kappa shape index (κ3) is 3.27. The van der Waals surface area contributed by atoms with Crippen molar-refractivity contribution in [2.45, 2.75) is 0 Å². The molecule has 13 heavy (non-hydrogen) atoms. The van der Waals surface area contributed by atoms with Gasteiger partial charge in [0, 0.05) is 0 Å². The summed E-state index contributed by atoms with van der Waals surface area (Å²) >= 11 is 0. The first-order valence-corrected chi connectivity index (χ1v) is 3.77. The zero-order valence-corrected chi connectivity index (χ0v) is 6.92. The minimum atomic E-state index is -0.341. The fraction of sp³-hybridized carbons (Fsp3) is 0. The molecular formula is C10H8N2O. The van der Waals surface area contributed by atoms with Crippen molar-refractivity contribution in [3.8, 4) is 0 Å². The van der Waals surface area contributed by atoms with E-state index in [0.29, 0.717) is 0 Å². The lowest BCUT2D eigenvalue weighted by atomic mass is 10.2. The van der Waals surface area contributed by atoms with E-state index < -0.39 is 0 Å². The minimum absolute atomic E-state index is 0.341. The summed E-state index contributed by atoms with van der Waals surface area (Å²) in [6.07, 6.45) is 3.85. The third-order valence-electron chi connectivity index (χ3n) is 1.42. The molecular weight excluding hydrogens is 164 g/mol. The van der Waals surface area contributed by atoms with Crippen LogP contribution in [0.4, 0.5) is 0 Å². The highest BCUT2D eigenvalue weighted by Crippen LogP contribution is 2.00. The number of allylic oxidation sites excluding steroid dienone is 1. The summed E-state index contributed by atoms with van der Waals surface area (Å²) < 4.78 is 0. The maximum Gasteiger partial charge on any atom is 0.327 e. The van der Waals surface area contributed by atoms with Gasteiger partial charge >= 0.3 is 6.21 Å². The Kier molecular flexibility index (Phi) is 3.36. The summed E-state index contributed by atoms with van der Waals surface area (Å²) in [7, 11) is 0. The molecule has 64 valence electrons. The maximum atomic E-state index is 10.8. The molecule has 0 atom stereocenters. The Morgan fingerprint density at radius 1 is 1.31 bits per heavy atom. The number of hydrogen-bond donors (Lipinski definition) is 0. The quantitative estimate of drug-likeness (QED) is 0.295. The van der Waals surface area contributed by atoms with E-state index in [2.05, 4.69) is 4.79 Å². The van der Waals surface area contributed by atoms with Crippen LogP contribution in [-0.4, -0.2) is 16.8 Å². The van der Waals surface area contributed by atoms with Gasteiger partial charge in [-0.1, -0.05) is 36.4 Å². The summed E-state index contributed by atoms with van der Waals surface area (Å²) in [6.45, 7) is 0. The first kappa shape index (κ1) is 9.10. The van der Waals surface area contributed by atoms with Crippen LogP contribution in [0.15, 0.2) is 36.4 Å². The van der Waals surface area contributed by atoms with Gasteiger partial charge in [0.15, 0.2) is 0 Å². The molecule has 0 unspecified atom stereocenters. The third-order valence-corrected chi connectivity index (χ3v) is 1.42. The van der Waals surface area contributed by atoms with Gasteiger partial charge < -0.3 is 5.53 Å². The lowest BCUT2D eigenvalue weighted by Crippen LogP contribution is -1.92. The molecule has 0 aromatic heterocycles. The molecule has 0 aliphatic carbocycles. The highest BCUT2D eigenvalue weighted by Gasteiger charge is 1.93. The topological polar surface area (TPSA) is 53.5 Å². The number of carbonyl (C=O) groups excluding carboxylic acids is 1. The predicted molar refractivity (Wildman–Crippen MR) is 50.2 cm³/mol. The smallest absolute Gasteiger partial charge is 0.327 e. The predicted octanol–water partition coefficient (Wildman–Crippen LogP) is 1.57. The van der Waals surface area contributed by atoms with Crippen LogP contribution in [0.2, 0.25) is 0 Å². The molecule has 1 aromatic rings. The van der Waals surface area contributed by atoms with E-state index in [0.717, 1.165) is 11.8 Å². The van der Waals surface area contributed by atoms with Gasteiger partial charge in [-0.05, 0) is 11.6 Å². The molecule has 0 aliphatic rings. The maximum absolute atomic E-state index is 10.8.